The zero-order valence-corrected chi connectivity index (χ0v) is 13.9. The van der Waals surface area contributed by atoms with Crippen molar-refractivity contribution in [1.82, 2.24) is 5.32 Å². The van der Waals surface area contributed by atoms with Crippen LogP contribution in [0.5, 0.6) is 0 Å². The first-order valence-electron chi connectivity index (χ1n) is 7.43. The molecule has 0 aliphatic rings. The molecule has 1 aromatic rings. The summed E-state index contributed by atoms with van der Waals surface area (Å²) in [5.74, 6) is -1.59. The minimum absolute atomic E-state index is 0.0889. The molecule has 1 atom stereocenters. The molecular formula is C18H25NO3. The highest BCUT2D eigenvalue weighted by molar-refractivity contribution is 5.94. The molecular weight excluding hydrogens is 278 g/mol. The van der Waals surface area contributed by atoms with Gasteiger partial charge in [0.25, 0.3) is 0 Å². The lowest BCUT2D eigenvalue weighted by Crippen LogP contribution is -2.43. The predicted molar refractivity (Wildman–Crippen MR) is 88.6 cm³/mol. The highest BCUT2D eigenvalue weighted by atomic mass is 16.4. The molecule has 1 aromatic carbocycles. The van der Waals surface area contributed by atoms with Gasteiger partial charge in [-0.2, -0.15) is 0 Å². The minimum atomic E-state index is -1.02. The number of carboxylic acid groups (broad SMARTS) is 1. The van der Waals surface area contributed by atoms with E-state index < -0.39 is 17.9 Å². The Balaban J connectivity index is 2.72. The van der Waals surface area contributed by atoms with Crippen molar-refractivity contribution >= 4 is 18.0 Å². The molecule has 0 heterocycles. The van der Waals surface area contributed by atoms with E-state index in [0.717, 1.165) is 5.56 Å². The van der Waals surface area contributed by atoms with Gasteiger partial charge in [0, 0.05) is 6.08 Å². The van der Waals surface area contributed by atoms with Gasteiger partial charge in [-0.3, -0.25) is 4.79 Å². The van der Waals surface area contributed by atoms with Crippen LogP contribution in [0.4, 0.5) is 0 Å². The average molecular weight is 303 g/mol. The molecule has 120 valence electrons. The molecule has 0 saturated carbocycles. The van der Waals surface area contributed by atoms with Crippen molar-refractivity contribution in [2.24, 2.45) is 5.92 Å². The largest absolute Gasteiger partial charge is 0.480 e. The first kappa shape index (κ1) is 18.0. The number of amides is 1. The molecule has 0 saturated heterocycles. The number of rotatable bonds is 5. The SMILES string of the molecule is CC(C)[C@@H](NC(=O)/C=C/c1ccc(C(C)(C)C)cc1)C(=O)O. The summed E-state index contributed by atoms with van der Waals surface area (Å²) in [4.78, 5) is 22.8. The highest BCUT2D eigenvalue weighted by Crippen LogP contribution is 2.22. The molecule has 0 aliphatic carbocycles. The van der Waals surface area contributed by atoms with Gasteiger partial charge in [-0.1, -0.05) is 58.9 Å². The Labute approximate surface area is 132 Å². The summed E-state index contributed by atoms with van der Waals surface area (Å²) >= 11 is 0. The van der Waals surface area contributed by atoms with Crippen LogP contribution in [0, 0.1) is 5.92 Å². The molecule has 4 heteroatoms. The molecule has 0 aliphatic heterocycles. The van der Waals surface area contributed by atoms with E-state index in [-0.39, 0.29) is 11.3 Å². The number of carbonyl (C=O) groups is 2. The third-order valence-electron chi connectivity index (χ3n) is 3.43. The van der Waals surface area contributed by atoms with Gasteiger partial charge in [0.2, 0.25) is 5.91 Å². The first-order chi connectivity index (χ1) is 10.1. The van der Waals surface area contributed by atoms with Crippen molar-refractivity contribution in [3.8, 4) is 0 Å². The summed E-state index contributed by atoms with van der Waals surface area (Å²) in [7, 11) is 0. The maximum absolute atomic E-state index is 11.8. The third-order valence-corrected chi connectivity index (χ3v) is 3.43. The van der Waals surface area contributed by atoms with Gasteiger partial charge in [-0.05, 0) is 28.5 Å². The second-order valence-corrected chi connectivity index (χ2v) is 6.77. The highest BCUT2D eigenvalue weighted by Gasteiger charge is 2.22. The number of carbonyl (C=O) groups excluding carboxylic acids is 1. The summed E-state index contributed by atoms with van der Waals surface area (Å²) in [5, 5.41) is 11.5. The number of carboxylic acids is 1. The molecule has 1 amide bonds. The number of nitrogens with one attached hydrogen (secondary N) is 1. The smallest absolute Gasteiger partial charge is 0.326 e. The lowest BCUT2D eigenvalue weighted by Gasteiger charge is -2.18. The van der Waals surface area contributed by atoms with Crippen LogP contribution >= 0.6 is 0 Å². The second-order valence-electron chi connectivity index (χ2n) is 6.77. The molecule has 0 radical (unpaired) electrons. The average Bonchev–Trinajstić information content (AvgIpc) is 2.41. The van der Waals surface area contributed by atoms with Gasteiger partial charge in [0.15, 0.2) is 0 Å². The van der Waals surface area contributed by atoms with E-state index in [0.29, 0.717) is 0 Å². The first-order valence-corrected chi connectivity index (χ1v) is 7.43. The van der Waals surface area contributed by atoms with Gasteiger partial charge < -0.3 is 10.4 Å². The van der Waals surface area contributed by atoms with Crippen LogP contribution in [-0.2, 0) is 15.0 Å². The third kappa shape index (κ3) is 5.35. The Bertz CT molecular complexity index is 551. The van der Waals surface area contributed by atoms with Crippen molar-refractivity contribution < 1.29 is 14.7 Å². The molecule has 0 unspecified atom stereocenters. The Morgan fingerprint density at radius 3 is 2.09 bits per heavy atom. The van der Waals surface area contributed by atoms with Crippen LogP contribution in [0.1, 0.15) is 45.7 Å². The monoisotopic (exact) mass is 303 g/mol. The zero-order valence-electron chi connectivity index (χ0n) is 13.9. The van der Waals surface area contributed by atoms with Crippen molar-refractivity contribution in [2.45, 2.75) is 46.1 Å². The molecule has 0 spiro atoms. The van der Waals surface area contributed by atoms with E-state index >= 15 is 0 Å². The van der Waals surface area contributed by atoms with Crippen molar-refractivity contribution in [1.29, 1.82) is 0 Å². The molecule has 1 rings (SSSR count). The molecule has 0 aromatic heterocycles. The van der Waals surface area contributed by atoms with Gasteiger partial charge >= 0.3 is 5.97 Å². The zero-order chi connectivity index (χ0) is 16.9. The summed E-state index contributed by atoms with van der Waals surface area (Å²) in [6.07, 6.45) is 3.05. The Hall–Kier alpha value is -2.10. The van der Waals surface area contributed by atoms with E-state index in [1.807, 2.05) is 24.3 Å². The summed E-state index contributed by atoms with van der Waals surface area (Å²) < 4.78 is 0. The van der Waals surface area contributed by atoms with Crippen LogP contribution in [0.3, 0.4) is 0 Å². The fourth-order valence-corrected chi connectivity index (χ4v) is 1.98. The molecule has 22 heavy (non-hydrogen) atoms. The van der Waals surface area contributed by atoms with Crippen LogP contribution in [0.15, 0.2) is 30.3 Å². The lowest BCUT2D eigenvalue weighted by molar-refractivity contribution is -0.142. The molecule has 2 N–H and O–H groups in total. The molecule has 0 bridgehead atoms. The van der Waals surface area contributed by atoms with Gasteiger partial charge in [0.1, 0.15) is 6.04 Å². The van der Waals surface area contributed by atoms with Crippen molar-refractivity contribution in [3.63, 3.8) is 0 Å². The van der Waals surface area contributed by atoms with Gasteiger partial charge in [0.05, 0.1) is 0 Å². The summed E-state index contributed by atoms with van der Waals surface area (Å²) in [6, 6.07) is 7.08. The van der Waals surface area contributed by atoms with Gasteiger partial charge in [-0.25, -0.2) is 4.79 Å². The van der Waals surface area contributed by atoms with Crippen LogP contribution in [-0.4, -0.2) is 23.0 Å². The summed E-state index contributed by atoms with van der Waals surface area (Å²) in [6.45, 7) is 9.94. The van der Waals surface area contributed by atoms with E-state index in [1.165, 1.54) is 11.6 Å². The summed E-state index contributed by atoms with van der Waals surface area (Å²) in [5.41, 5.74) is 2.21. The maximum Gasteiger partial charge on any atom is 0.326 e. The van der Waals surface area contributed by atoms with Crippen LogP contribution in [0.2, 0.25) is 0 Å². The Morgan fingerprint density at radius 1 is 1.14 bits per heavy atom. The number of hydrogen-bond acceptors (Lipinski definition) is 2. The second kappa shape index (κ2) is 7.25. The van der Waals surface area contributed by atoms with Crippen molar-refractivity contribution in [3.05, 3.63) is 41.5 Å². The van der Waals surface area contributed by atoms with E-state index in [9.17, 15) is 9.59 Å². The fraction of sp³-hybridized carbons (Fsp3) is 0.444. The number of benzene rings is 1. The predicted octanol–water partition coefficient (Wildman–Crippen LogP) is 3.22. The molecule has 0 fully saturated rings. The Kier molecular flexibility index (Phi) is 5.92. The van der Waals surface area contributed by atoms with E-state index in [4.69, 9.17) is 5.11 Å². The van der Waals surface area contributed by atoms with Crippen molar-refractivity contribution in [2.75, 3.05) is 0 Å². The molecule has 4 nitrogen and oxygen atoms in total. The normalized spacial score (nSPS) is 13.4. The fourth-order valence-electron chi connectivity index (χ4n) is 1.98. The van der Waals surface area contributed by atoms with Gasteiger partial charge in [-0.15, -0.1) is 0 Å². The maximum atomic E-state index is 11.8. The Morgan fingerprint density at radius 2 is 1.68 bits per heavy atom. The van der Waals surface area contributed by atoms with E-state index in [1.54, 1.807) is 19.9 Å². The quantitative estimate of drug-likeness (QED) is 0.821. The van der Waals surface area contributed by atoms with E-state index in [2.05, 4.69) is 26.1 Å². The topological polar surface area (TPSA) is 66.4 Å². The number of aliphatic carboxylic acids is 1. The minimum Gasteiger partial charge on any atom is -0.480 e. The van der Waals surface area contributed by atoms with Crippen LogP contribution < -0.4 is 5.32 Å². The van der Waals surface area contributed by atoms with Crippen LogP contribution in [0.25, 0.3) is 6.08 Å². The standard InChI is InChI=1S/C18H25NO3/c1-12(2)16(17(21)22)19-15(20)11-8-13-6-9-14(10-7-13)18(3,4)5/h6-12,16H,1-5H3,(H,19,20)(H,21,22)/b11-8+/t16-/m1/s1. The number of hydrogen-bond donors (Lipinski definition) is 2. The lowest BCUT2D eigenvalue weighted by atomic mass is 9.87.